The Hall–Kier alpha value is -3.48. The minimum Gasteiger partial charge on any atom is -0.374 e. The molecule has 2 aromatic carbocycles. The SMILES string of the molecule is Cn1ccnc1C1Nc2cccc3c(=O)[nH]nc(c23)C1c1ccc(F)cc1. The lowest BCUT2D eigenvalue weighted by Gasteiger charge is -2.33. The van der Waals surface area contributed by atoms with Crippen molar-refractivity contribution < 1.29 is 4.39 Å². The first-order valence-corrected chi connectivity index (χ1v) is 8.64. The molecule has 1 aliphatic heterocycles. The highest BCUT2D eigenvalue weighted by Crippen LogP contribution is 2.45. The maximum absolute atomic E-state index is 13.5. The van der Waals surface area contributed by atoms with Gasteiger partial charge in [-0.15, -0.1) is 0 Å². The van der Waals surface area contributed by atoms with Crippen LogP contribution < -0.4 is 10.9 Å². The molecule has 4 aromatic rings. The number of benzene rings is 2. The lowest BCUT2D eigenvalue weighted by molar-refractivity contribution is 0.580. The molecule has 2 atom stereocenters. The van der Waals surface area contributed by atoms with E-state index in [0.29, 0.717) is 5.39 Å². The van der Waals surface area contributed by atoms with E-state index in [1.807, 2.05) is 29.9 Å². The van der Waals surface area contributed by atoms with Gasteiger partial charge in [0.2, 0.25) is 0 Å². The lowest BCUT2D eigenvalue weighted by Crippen LogP contribution is -2.29. The molecule has 0 fully saturated rings. The number of nitrogens with zero attached hydrogens (tertiary/aromatic N) is 3. The summed E-state index contributed by atoms with van der Waals surface area (Å²) in [6.45, 7) is 0. The number of H-pyrrole nitrogens is 1. The van der Waals surface area contributed by atoms with Crippen molar-refractivity contribution in [1.82, 2.24) is 19.7 Å². The van der Waals surface area contributed by atoms with Crippen molar-refractivity contribution in [3.63, 3.8) is 0 Å². The van der Waals surface area contributed by atoms with Crippen molar-refractivity contribution in [2.75, 3.05) is 5.32 Å². The van der Waals surface area contributed by atoms with Gasteiger partial charge >= 0.3 is 0 Å². The number of anilines is 1. The molecule has 0 spiro atoms. The van der Waals surface area contributed by atoms with Crippen LogP contribution in [0.3, 0.4) is 0 Å². The fourth-order valence-electron chi connectivity index (χ4n) is 3.91. The van der Waals surface area contributed by atoms with Crippen LogP contribution in [0.4, 0.5) is 10.1 Å². The van der Waals surface area contributed by atoms with E-state index < -0.39 is 0 Å². The highest BCUT2D eigenvalue weighted by molar-refractivity contribution is 5.97. The van der Waals surface area contributed by atoms with E-state index in [4.69, 9.17) is 0 Å². The maximum Gasteiger partial charge on any atom is 0.272 e. The molecule has 2 N–H and O–H groups in total. The van der Waals surface area contributed by atoms with E-state index in [1.165, 1.54) is 12.1 Å². The summed E-state index contributed by atoms with van der Waals surface area (Å²) in [6.07, 6.45) is 3.63. The van der Waals surface area contributed by atoms with Crippen LogP contribution in [0.1, 0.15) is 29.0 Å². The van der Waals surface area contributed by atoms with Gasteiger partial charge in [0.25, 0.3) is 5.56 Å². The molecule has 27 heavy (non-hydrogen) atoms. The summed E-state index contributed by atoms with van der Waals surface area (Å²) in [5.74, 6) is 0.303. The zero-order valence-electron chi connectivity index (χ0n) is 14.5. The predicted molar refractivity (Wildman–Crippen MR) is 100 cm³/mol. The molecular weight excluding hydrogens is 345 g/mol. The second-order valence-corrected chi connectivity index (χ2v) is 6.71. The van der Waals surface area contributed by atoms with Crippen LogP contribution in [-0.2, 0) is 7.05 Å². The Morgan fingerprint density at radius 2 is 1.96 bits per heavy atom. The molecule has 5 rings (SSSR count). The van der Waals surface area contributed by atoms with Gasteiger partial charge in [0.15, 0.2) is 0 Å². The monoisotopic (exact) mass is 361 g/mol. The fraction of sp³-hybridized carbons (Fsp3) is 0.150. The highest BCUT2D eigenvalue weighted by atomic mass is 19.1. The predicted octanol–water partition coefficient (Wildman–Crippen LogP) is 3.09. The van der Waals surface area contributed by atoms with Gasteiger partial charge in [-0.3, -0.25) is 4.79 Å². The lowest BCUT2D eigenvalue weighted by atomic mass is 9.82. The zero-order chi connectivity index (χ0) is 18.5. The van der Waals surface area contributed by atoms with Crippen molar-refractivity contribution in [3.8, 4) is 0 Å². The molecule has 7 heteroatoms. The average molecular weight is 361 g/mol. The van der Waals surface area contributed by atoms with Gasteiger partial charge in [-0.25, -0.2) is 14.5 Å². The normalized spacial score (nSPS) is 18.4. The van der Waals surface area contributed by atoms with E-state index in [-0.39, 0.29) is 23.3 Å². The van der Waals surface area contributed by atoms with Crippen LogP contribution in [0.15, 0.2) is 59.7 Å². The van der Waals surface area contributed by atoms with Crippen LogP contribution in [0, 0.1) is 5.82 Å². The van der Waals surface area contributed by atoms with Crippen LogP contribution in [-0.4, -0.2) is 19.7 Å². The van der Waals surface area contributed by atoms with E-state index >= 15 is 0 Å². The smallest absolute Gasteiger partial charge is 0.272 e. The van der Waals surface area contributed by atoms with Crippen molar-refractivity contribution in [2.24, 2.45) is 7.05 Å². The van der Waals surface area contributed by atoms with Crippen molar-refractivity contribution in [1.29, 1.82) is 0 Å². The van der Waals surface area contributed by atoms with Gasteiger partial charge in [0.1, 0.15) is 11.6 Å². The van der Waals surface area contributed by atoms with E-state index in [1.54, 1.807) is 24.4 Å². The third kappa shape index (κ3) is 2.35. The van der Waals surface area contributed by atoms with Gasteiger partial charge < -0.3 is 9.88 Å². The first-order valence-electron chi connectivity index (χ1n) is 8.64. The number of hydrogen-bond acceptors (Lipinski definition) is 4. The standard InChI is InChI=1S/C20H16FN5O/c1-26-10-9-22-19(26)18-15(11-5-7-12(21)8-6-11)17-16-13(20(27)25-24-17)3-2-4-14(16)23-18/h2-10,15,18,23H,1H3,(H,25,27). The summed E-state index contributed by atoms with van der Waals surface area (Å²) in [7, 11) is 1.93. The molecule has 2 unspecified atom stereocenters. The number of nitrogens with one attached hydrogen (secondary N) is 2. The Morgan fingerprint density at radius 1 is 1.15 bits per heavy atom. The molecule has 2 aromatic heterocycles. The Kier molecular flexibility index (Phi) is 3.36. The van der Waals surface area contributed by atoms with Gasteiger partial charge in [-0.05, 0) is 29.8 Å². The summed E-state index contributed by atoms with van der Waals surface area (Å²) in [5.41, 5.74) is 2.25. The molecule has 1 aliphatic rings. The number of aromatic amines is 1. The summed E-state index contributed by atoms with van der Waals surface area (Å²) >= 11 is 0. The largest absolute Gasteiger partial charge is 0.374 e. The minimum atomic E-state index is -0.295. The summed E-state index contributed by atoms with van der Waals surface area (Å²) in [4.78, 5) is 16.8. The van der Waals surface area contributed by atoms with Gasteiger partial charge in [-0.1, -0.05) is 18.2 Å². The molecular formula is C20H16FN5O. The van der Waals surface area contributed by atoms with Crippen LogP contribution in [0.25, 0.3) is 10.8 Å². The molecule has 0 radical (unpaired) electrons. The quantitative estimate of drug-likeness (QED) is 0.575. The third-order valence-electron chi connectivity index (χ3n) is 5.15. The topological polar surface area (TPSA) is 75.6 Å². The average Bonchev–Trinajstić information content (AvgIpc) is 3.11. The highest BCUT2D eigenvalue weighted by Gasteiger charge is 2.36. The minimum absolute atomic E-state index is 0.216. The Balaban J connectivity index is 1.82. The first-order chi connectivity index (χ1) is 13.1. The molecule has 0 saturated carbocycles. The number of aryl methyl sites for hydroxylation is 1. The van der Waals surface area contributed by atoms with Gasteiger partial charge in [0.05, 0.1) is 23.0 Å². The summed E-state index contributed by atoms with van der Waals surface area (Å²) in [5, 5.41) is 11.9. The van der Waals surface area contributed by atoms with Crippen molar-refractivity contribution in [2.45, 2.75) is 12.0 Å². The second kappa shape index (κ2) is 5.77. The number of hydrogen-bond donors (Lipinski definition) is 2. The number of aromatic nitrogens is 4. The zero-order valence-corrected chi connectivity index (χ0v) is 14.5. The maximum atomic E-state index is 13.5. The molecule has 6 nitrogen and oxygen atoms in total. The molecule has 134 valence electrons. The third-order valence-corrected chi connectivity index (χ3v) is 5.15. The van der Waals surface area contributed by atoms with E-state index in [9.17, 15) is 9.18 Å². The summed E-state index contributed by atoms with van der Waals surface area (Å²) < 4.78 is 15.5. The summed E-state index contributed by atoms with van der Waals surface area (Å²) in [6, 6.07) is 11.7. The Labute approximate surface area is 153 Å². The van der Waals surface area contributed by atoms with Crippen LogP contribution in [0.5, 0.6) is 0 Å². The molecule has 0 aliphatic carbocycles. The number of imidazole rings is 1. The molecule has 3 heterocycles. The molecule has 0 saturated heterocycles. The van der Waals surface area contributed by atoms with Crippen LogP contribution in [0.2, 0.25) is 0 Å². The van der Waals surface area contributed by atoms with E-state index in [2.05, 4.69) is 20.5 Å². The van der Waals surface area contributed by atoms with Crippen LogP contribution >= 0.6 is 0 Å². The first kappa shape index (κ1) is 15.7. The fourth-order valence-corrected chi connectivity index (χ4v) is 3.91. The molecule has 0 amide bonds. The molecule has 0 bridgehead atoms. The number of halogens is 1. The van der Waals surface area contributed by atoms with Crippen molar-refractivity contribution in [3.05, 3.63) is 88.1 Å². The van der Waals surface area contributed by atoms with Crippen molar-refractivity contribution >= 4 is 16.5 Å². The Morgan fingerprint density at radius 3 is 2.70 bits per heavy atom. The second-order valence-electron chi connectivity index (χ2n) is 6.71. The Bertz CT molecular complexity index is 1210. The number of rotatable bonds is 2. The van der Waals surface area contributed by atoms with Gasteiger partial charge in [0, 0.05) is 30.5 Å². The van der Waals surface area contributed by atoms with Gasteiger partial charge in [-0.2, -0.15) is 5.10 Å². The van der Waals surface area contributed by atoms with E-state index in [0.717, 1.165) is 28.2 Å².